The Hall–Kier alpha value is -3.84. The lowest BCUT2D eigenvalue weighted by molar-refractivity contribution is 0.256. The van der Waals surface area contributed by atoms with E-state index in [4.69, 9.17) is 10.7 Å². The minimum atomic E-state index is -0.388. The number of hydrogen-bond donors (Lipinski definition) is 1. The van der Waals surface area contributed by atoms with Crippen molar-refractivity contribution >= 4 is 22.5 Å². The van der Waals surface area contributed by atoms with Gasteiger partial charge in [-0.1, -0.05) is 30.3 Å². The van der Waals surface area contributed by atoms with Gasteiger partial charge in [0.2, 0.25) is 5.95 Å². The van der Waals surface area contributed by atoms with E-state index in [1.807, 2.05) is 30.6 Å². The van der Waals surface area contributed by atoms with E-state index in [1.54, 1.807) is 10.5 Å². The van der Waals surface area contributed by atoms with Gasteiger partial charge in [0.1, 0.15) is 17.0 Å². The minimum Gasteiger partial charge on any atom is -0.369 e. The van der Waals surface area contributed by atoms with Gasteiger partial charge < -0.3 is 5.73 Å². The molecule has 170 valence electrons. The normalized spacial score (nSPS) is 14.0. The van der Waals surface area contributed by atoms with E-state index in [2.05, 4.69) is 39.1 Å². The number of nitrogens with zero attached hydrogens (tertiary/aromatic N) is 5. The van der Waals surface area contributed by atoms with Crippen LogP contribution in [0.15, 0.2) is 67.0 Å². The zero-order chi connectivity index (χ0) is 23.1. The number of hydrogen-bond acceptors (Lipinski definition) is 5. The number of nitrogens with two attached hydrogens (primary N) is 1. The fourth-order valence-electron chi connectivity index (χ4n) is 4.97. The van der Waals surface area contributed by atoms with E-state index < -0.39 is 0 Å². The molecule has 0 radical (unpaired) electrons. The molecule has 0 saturated heterocycles. The van der Waals surface area contributed by atoms with Crippen molar-refractivity contribution < 1.29 is 4.39 Å². The van der Waals surface area contributed by atoms with Crippen molar-refractivity contribution in [1.82, 2.24) is 24.3 Å². The molecule has 1 aliphatic rings. The molecule has 1 aliphatic heterocycles. The standard InChI is InChI=1S/C27H25FN6/c28-24-9-4-8-23-25(24)32-27(29)34-17-21(31-26(23)34)15-18-5-3-6-19-16-33(14-11-22(18)19)13-10-20-7-1-2-12-30-20/h1-9,12,17H,10-11,13-16H2,(H2,29,32). The summed E-state index contributed by atoms with van der Waals surface area (Å²) >= 11 is 0. The predicted octanol–water partition coefficient (Wildman–Crippen LogP) is 4.19. The summed E-state index contributed by atoms with van der Waals surface area (Å²) in [7, 11) is 0. The van der Waals surface area contributed by atoms with Crippen LogP contribution < -0.4 is 5.73 Å². The lowest BCUT2D eigenvalue weighted by Gasteiger charge is -2.30. The quantitative estimate of drug-likeness (QED) is 0.433. The first-order valence-electron chi connectivity index (χ1n) is 11.6. The third kappa shape index (κ3) is 3.78. The third-order valence-electron chi connectivity index (χ3n) is 6.68. The Morgan fingerprint density at radius 1 is 0.971 bits per heavy atom. The van der Waals surface area contributed by atoms with Crippen molar-refractivity contribution in [1.29, 1.82) is 0 Å². The van der Waals surface area contributed by atoms with E-state index in [9.17, 15) is 4.39 Å². The van der Waals surface area contributed by atoms with Crippen LogP contribution in [0.2, 0.25) is 0 Å². The summed E-state index contributed by atoms with van der Waals surface area (Å²) in [5.74, 6) is -0.147. The average molecular weight is 453 g/mol. The van der Waals surface area contributed by atoms with Crippen molar-refractivity contribution in [2.75, 3.05) is 18.8 Å². The van der Waals surface area contributed by atoms with Crippen LogP contribution in [-0.4, -0.2) is 37.3 Å². The molecule has 3 aromatic heterocycles. The molecule has 6 nitrogen and oxygen atoms in total. The Morgan fingerprint density at radius 2 is 1.88 bits per heavy atom. The topological polar surface area (TPSA) is 72.3 Å². The summed E-state index contributed by atoms with van der Waals surface area (Å²) < 4.78 is 16.0. The summed E-state index contributed by atoms with van der Waals surface area (Å²) in [4.78, 5) is 16.0. The zero-order valence-corrected chi connectivity index (χ0v) is 18.8. The summed E-state index contributed by atoms with van der Waals surface area (Å²) in [6.07, 6.45) is 6.45. The van der Waals surface area contributed by atoms with Crippen molar-refractivity contribution in [3.8, 4) is 0 Å². The second-order valence-electron chi connectivity index (χ2n) is 8.86. The highest BCUT2D eigenvalue weighted by Crippen LogP contribution is 2.27. The molecule has 5 aromatic rings. The predicted molar refractivity (Wildman–Crippen MR) is 131 cm³/mol. The van der Waals surface area contributed by atoms with E-state index >= 15 is 0 Å². The molecule has 2 N–H and O–H groups in total. The van der Waals surface area contributed by atoms with Crippen LogP contribution in [0, 0.1) is 5.82 Å². The smallest absolute Gasteiger partial charge is 0.206 e. The Labute approximate surface area is 196 Å². The highest BCUT2D eigenvalue weighted by Gasteiger charge is 2.20. The Balaban J connectivity index is 1.25. The van der Waals surface area contributed by atoms with Crippen LogP contribution in [0.25, 0.3) is 16.6 Å². The number of para-hydroxylation sites is 1. The van der Waals surface area contributed by atoms with Crippen LogP contribution in [-0.2, 0) is 25.8 Å². The number of rotatable bonds is 5. The van der Waals surface area contributed by atoms with Gasteiger partial charge in [-0.05, 0) is 47.4 Å². The van der Waals surface area contributed by atoms with Gasteiger partial charge in [-0.25, -0.2) is 14.4 Å². The van der Waals surface area contributed by atoms with E-state index in [-0.39, 0.29) is 17.3 Å². The fraction of sp³-hybridized carbons (Fsp3) is 0.222. The largest absolute Gasteiger partial charge is 0.369 e. The first-order chi connectivity index (χ1) is 16.7. The van der Waals surface area contributed by atoms with Crippen LogP contribution >= 0.6 is 0 Å². The number of nitrogen functional groups attached to an aromatic ring is 1. The van der Waals surface area contributed by atoms with Crippen LogP contribution in [0.3, 0.4) is 0 Å². The van der Waals surface area contributed by atoms with Gasteiger partial charge in [0.05, 0.1) is 5.69 Å². The summed E-state index contributed by atoms with van der Waals surface area (Å²) in [6, 6.07) is 17.5. The number of fused-ring (bicyclic) bond motifs is 4. The van der Waals surface area contributed by atoms with Gasteiger partial charge >= 0.3 is 0 Å². The molecular formula is C27H25FN6. The molecule has 0 spiro atoms. The minimum absolute atomic E-state index is 0.241. The van der Waals surface area contributed by atoms with Crippen molar-refractivity contribution in [3.63, 3.8) is 0 Å². The first-order valence-corrected chi connectivity index (χ1v) is 11.6. The van der Waals surface area contributed by atoms with Gasteiger partial charge in [-0.2, -0.15) is 0 Å². The molecule has 0 amide bonds. The summed E-state index contributed by atoms with van der Waals surface area (Å²) in [5, 5.41) is 0.666. The Kier molecular flexibility index (Phi) is 5.19. The first kappa shape index (κ1) is 20.7. The maximum atomic E-state index is 14.3. The Bertz CT molecular complexity index is 1490. The number of halogens is 1. The lowest BCUT2D eigenvalue weighted by Crippen LogP contribution is -2.32. The highest BCUT2D eigenvalue weighted by atomic mass is 19.1. The number of benzene rings is 2. The molecule has 0 fully saturated rings. The molecule has 7 heteroatoms. The second kappa shape index (κ2) is 8.50. The molecule has 0 bridgehead atoms. The molecule has 34 heavy (non-hydrogen) atoms. The van der Waals surface area contributed by atoms with Crippen LogP contribution in [0.1, 0.15) is 28.1 Å². The van der Waals surface area contributed by atoms with E-state index in [1.165, 1.54) is 22.8 Å². The van der Waals surface area contributed by atoms with Gasteiger partial charge in [-0.15, -0.1) is 0 Å². The van der Waals surface area contributed by atoms with Crippen LogP contribution in [0.4, 0.5) is 10.3 Å². The van der Waals surface area contributed by atoms with Crippen molar-refractivity contribution in [2.45, 2.75) is 25.8 Å². The van der Waals surface area contributed by atoms with E-state index in [0.717, 1.165) is 43.9 Å². The fourth-order valence-corrected chi connectivity index (χ4v) is 4.97. The lowest BCUT2D eigenvalue weighted by atomic mass is 9.92. The zero-order valence-electron chi connectivity index (χ0n) is 18.8. The monoisotopic (exact) mass is 452 g/mol. The summed E-state index contributed by atoms with van der Waals surface area (Å²) in [6.45, 7) is 2.98. The average Bonchev–Trinajstić information content (AvgIpc) is 3.29. The van der Waals surface area contributed by atoms with Gasteiger partial charge in [0.25, 0.3) is 0 Å². The highest BCUT2D eigenvalue weighted by molar-refractivity contribution is 5.92. The molecular weight excluding hydrogens is 427 g/mol. The number of aromatic nitrogens is 4. The maximum absolute atomic E-state index is 14.3. The molecule has 0 unspecified atom stereocenters. The second-order valence-corrected chi connectivity index (χ2v) is 8.86. The molecule has 0 saturated carbocycles. The number of pyridine rings is 1. The Morgan fingerprint density at radius 3 is 2.76 bits per heavy atom. The SMILES string of the molecule is Nc1nc2c(F)cccc2c2nc(Cc3cccc4c3CCN(CCc3ccccn3)C4)cn12. The number of imidazole rings is 1. The van der Waals surface area contributed by atoms with Crippen molar-refractivity contribution in [3.05, 3.63) is 101 Å². The number of anilines is 1. The molecule has 0 aliphatic carbocycles. The van der Waals surface area contributed by atoms with Crippen molar-refractivity contribution in [2.24, 2.45) is 0 Å². The molecule has 4 heterocycles. The molecule has 2 aromatic carbocycles. The maximum Gasteiger partial charge on any atom is 0.206 e. The van der Waals surface area contributed by atoms with Crippen LogP contribution in [0.5, 0.6) is 0 Å². The summed E-state index contributed by atoms with van der Waals surface area (Å²) in [5.41, 5.74) is 13.1. The molecule has 0 atom stereocenters. The van der Waals surface area contributed by atoms with Gasteiger partial charge in [0.15, 0.2) is 0 Å². The third-order valence-corrected chi connectivity index (χ3v) is 6.68. The van der Waals surface area contributed by atoms with Gasteiger partial charge in [0, 0.05) is 55.9 Å². The van der Waals surface area contributed by atoms with E-state index in [0.29, 0.717) is 17.5 Å². The molecule has 6 rings (SSSR count). The van der Waals surface area contributed by atoms with Gasteiger partial charge in [-0.3, -0.25) is 14.3 Å².